The summed E-state index contributed by atoms with van der Waals surface area (Å²) in [6.45, 7) is 5.10. The quantitative estimate of drug-likeness (QED) is 0.611. The molecule has 0 saturated heterocycles. The third-order valence-corrected chi connectivity index (χ3v) is 1.14. The molecule has 2 atom stereocenters. The average Bonchev–Trinajstić information content (AvgIpc) is 1.87. The summed E-state index contributed by atoms with van der Waals surface area (Å²) in [5, 5.41) is 0. The Hall–Kier alpha value is -0.120. The van der Waals surface area contributed by atoms with Crippen molar-refractivity contribution in [1.29, 1.82) is 0 Å². The molecule has 2 N–H and O–H groups in total. The molecule has 10 heavy (non-hydrogen) atoms. The molecule has 0 saturated carbocycles. The second-order valence-corrected chi connectivity index (χ2v) is 2.56. The minimum atomic E-state index is 0.115. The maximum atomic E-state index is 5.45. The van der Waals surface area contributed by atoms with Gasteiger partial charge in [0.25, 0.3) is 0 Å². The molecule has 2 unspecified atom stereocenters. The van der Waals surface area contributed by atoms with E-state index < -0.39 is 0 Å². The highest BCUT2D eigenvalue weighted by atomic mass is 16.5. The molecule has 0 aromatic carbocycles. The molecule has 62 valence electrons. The van der Waals surface area contributed by atoms with Crippen LogP contribution in [-0.2, 0) is 9.47 Å². The normalized spacial score (nSPS) is 16.8. The summed E-state index contributed by atoms with van der Waals surface area (Å²) >= 11 is 0. The van der Waals surface area contributed by atoms with Crippen LogP contribution in [0.3, 0.4) is 0 Å². The monoisotopic (exact) mass is 147 g/mol. The van der Waals surface area contributed by atoms with Crippen molar-refractivity contribution < 1.29 is 9.47 Å². The van der Waals surface area contributed by atoms with Crippen molar-refractivity contribution in [3.8, 4) is 0 Å². The van der Waals surface area contributed by atoms with Crippen molar-refractivity contribution >= 4 is 0 Å². The Morgan fingerprint density at radius 1 is 1.30 bits per heavy atom. The van der Waals surface area contributed by atoms with Gasteiger partial charge >= 0.3 is 0 Å². The van der Waals surface area contributed by atoms with Crippen LogP contribution in [-0.4, -0.2) is 32.5 Å². The van der Waals surface area contributed by atoms with E-state index in [-0.39, 0.29) is 12.1 Å². The van der Waals surface area contributed by atoms with E-state index in [9.17, 15) is 0 Å². The summed E-state index contributed by atoms with van der Waals surface area (Å²) in [7, 11) is 1.67. The van der Waals surface area contributed by atoms with E-state index in [1.165, 1.54) is 0 Å². The van der Waals surface area contributed by atoms with Gasteiger partial charge in [0.15, 0.2) is 0 Å². The lowest BCUT2D eigenvalue weighted by Gasteiger charge is -2.11. The zero-order chi connectivity index (χ0) is 7.98. The Balaban J connectivity index is 3.03. The second kappa shape index (κ2) is 5.65. The van der Waals surface area contributed by atoms with Gasteiger partial charge < -0.3 is 15.2 Å². The van der Waals surface area contributed by atoms with Crippen molar-refractivity contribution in [3.63, 3.8) is 0 Å². The fraction of sp³-hybridized carbons (Fsp3) is 1.00. The van der Waals surface area contributed by atoms with Gasteiger partial charge in [0, 0.05) is 13.2 Å². The van der Waals surface area contributed by atoms with Gasteiger partial charge in [0.2, 0.25) is 0 Å². The van der Waals surface area contributed by atoms with Crippen LogP contribution >= 0.6 is 0 Å². The van der Waals surface area contributed by atoms with Crippen LogP contribution in [0.25, 0.3) is 0 Å². The second-order valence-electron chi connectivity index (χ2n) is 2.56. The van der Waals surface area contributed by atoms with Crippen LogP contribution in [0.5, 0.6) is 0 Å². The molecule has 0 fully saturated rings. The summed E-state index contributed by atoms with van der Waals surface area (Å²) in [6, 6.07) is 0.115. The van der Waals surface area contributed by atoms with Gasteiger partial charge in [-0.1, -0.05) is 0 Å². The molecule has 0 aliphatic carbocycles. The first-order valence-corrected chi connectivity index (χ1v) is 3.53. The SMILES string of the molecule is COC(C)COCC(C)N. The largest absolute Gasteiger partial charge is 0.379 e. The molecule has 0 radical (unpaired) electrons. The lowest BCUT2D eigenvalue weighted by molar-refractivity contribution is 0.0155. The smallest absolute Gasteiger partial charge is 0.0776 e. The number of hydrogen-bond acceptors (Lipinski definition) is 3. The molecule has 3 heteroatoms. The molecular weight excluding hydrogens is 130 g/mol. The van der Waals surface area contributed by atoms with Crippen LogP contribution in [0.4, 0.5) is 0 Å². The zero-order valence-electron chi connectivity index (χ0n) is 6.96. The van der Waals surface area contributed by atoms with Crippen LogP contribution in [0.2, 0.25) is 0 Å². The maximum absolute atomic E-state index is 5.45. The molecule has 0 aromatic rings. The Bertz CT molecular complexity index is 76.0. The molecular formula is C7H17NO2. The van der Waals surface area contributed by atoms with E-state index in [0.717, 1.165) is 0 Å². The van der Waals surface area contributed by atoms with Crippen LogP contribution in [0.15, 0.2) is 0 Å². The molecule has 0 amide bonds. The van der Waals surface area contributed by atoms with Gasteiger partial charge in [0.1, 0.15) is 0 Å². The number of nitrogens with two attached hydrogens (primary N) is 1. The Morgan fingerprint density at radius 2 is 1.90 bits per heavy atom. The highest BCUT2D eigenvalue weighted by Gasteiger charge is 1.99. The van der Waals surface area contributed by atoms with Crippen LogP contribution < -0.4 is 5.73 Å². The molecule has 3 nitrogen and oxygen atoms in total. The molecule has 0 aliphatic heterocycles. The van der Waals surface area contributed by atoms with Gasteiger partial charge in [-0.2, -0.15) is 0 Å². The average molecular weight is 147 g/mol. The third kappa shape index (κ3) is 6.01. The van der Waals surface area contributed by atoms with Crippen LogP contribution in [0, 0.1) is 0 Å². The predicted octanol–water partition coefficient (Wildman–Crippen LogP) is 0.385. The number of ether oxygens (including phenoxy) is 2. The first-order chi connectivity index (χ1) is 4.66. The van der Waals surface area contributed by atoms with E-state index in [4.69, 9.17) is 15.2 Å². The lowest BCUT2D eigenvalue weighted by atomic mass is 10.4. The highest BCUT2D eigenvalue weighted by Crippen LogP contribution is 1.89. The van der Waals surface area contributed by atoms with Crippen molar-refractivity contribution in [2.45, 2.75) is 26.0 Å². The first kappa shape index (κ1) is 9.88. The van der Waals surface area contributed by atoms with Gasteiger partial charge in [-0.25, -0.2) is 0 Å². The summed E-state index contributed by atoms with van der Waals surface area (Å²) in [4.78, 5) is 0. The third-order valence-electron chi connectivity index (χ3n) is 1.14. The van der Waals surface area contributed by atoms with E-state index in [2.05, 4.69) is 0 Å². The first-order valence-electron chi connectivity index (χ1n) is 3.53. The summed E-state index contributed by atoms with van der Waals surface area (Å²) in [5.74, 6) is 0. The van der Waals surface area contributed by atoms with Gasteiger partial charge in [-0.3, -0.25) is 0 Å². The molecule has 0 aliphatic rings. The number of hydrogen-bond donors (Lipinski definition) is 1. The van der Waals surface area contributed by atoms with Crippen molar-refractivity contribution in [2.24, 2.45) is 5.73 Å². The summed E-state index contributed by atoms with van der Waals surface area (Å²) < 4.78 is 10.2. The Labute approximate surface area is 62.5 Å². The van der Waals surface area contributed by atoms with Gasteiger partial charge in [0.05, 0.1) is 19.3 Å². The molecule has 0 heterocycles. The fourth-order valence-corrected chi connectivity index (χ4v) is 0.488. The van der Waals surface area contributed by atoms with Gasteiger partial charge in [-0.05, 0) is 13.8 Å². The standard InChI is InChI=1S/C7H17NO2/c1-6(8)4-10-5-7(2)9-3/h6-7H,4-5,8H2,1-3H3. The summed E-state index contributed by atoms with van der Waals surface area (Å²) in [6.07, 6.45) is 0.166. The van der Waals surface area contributed by atoms with Crippen molar-refractivity contribution in [2.75, 3.05) is 20.3 Å². The highest BCUT2D eigenvalue weighted by molar-refractivity contribution is 4.51. The molecule has 0 aromatic heterocycles. The van der Waals surface area contributed by atoms with E-state index in [1.807, 2.05) is 13.8 Å². The Kier molecular flexibility index (Phi) is 5.58. The minimum Gasteiger partial charge on any atom is -0.379 e. The number of rotatable bonds is 5. The molecule has 0 spiro atoms. The Morgan fingerprint density at radius 3 is 2.30 bits per heavy atom. The van der Waals surface area contributed by atoms with E-state index in [0.29, 0.717) is 13.2 Å². The van der Waals surface area contributed by atoms with E-state index in [1.54, 1.807) is 7.11 Å². The topological polar surface area (TPSA) is 44.5 Å². The van der Waals surface area contributed by atoms with Gasteiger partial charge in [-0.15, -0.1) is 0 Å². The predicted molar refractivity (Wildman–Crippen MR) is 40.9 cm³/mol. The summed E-state index contributed by atoms with van der Waals surface area (Å²) in [5.41, 5.74) is 5.45. The zero-order valence-corrected chi connectivity index (χ0v) is 6.96. The molecule has 0 bridgehead atoms. The number of methoxy groups -OCH3 is 1. The minimum absolute atomic E-state index is 0.115. The van der Waals surface area contributed by atoms with Crippen LogP contribution in [0.1, 0.15) is 13.8 Å². The lowest BCUT2D eigenvalue weighted by Crippen LogP contribution is -2.24. The maximum Gasteiger partial charge on any atom is 0.0776 e. The van der Waals surface area contributed by atoms with Crippen molar-refractivity contribution in [1.82, 2.24) is 0 Å². The van der Waals surface area contributed by atoms with E-state index >= 15 is 0 Å². The van der Waals surface area contributed by atoms with Crippen molar-refractivity contribution in [3.05, 3.63) is 0 Å². The molecule has 0 rings (SSSR count). The fourth-order valence-electron chi connectivity index (χ4n) is 0.488.